The molecule has 0 bridgehead atoms. The summed E-state index contributed by atoms with van der Waals surface area (Å²) in [5, 5.41) is 2.64. The van der Waals surface area contributed by atoms with Gasteiger partial charge in [0.05, 0.1) is 16.5 Å². The van der Waals surface area contributed by atoms with Crippen molar-refractivity contribution in [2.75, 3.05) is 38.6 Å². The molecular formula is C20H24BrN3O4S. The number of hydrogen-bond acceptors (Lipinski definition) is 5. The van der Waals surface area contributed by atoms with Crippen LogP contribution in [0.4, 0.5) is 5.69 Å². The molecule has 0 aliphatic carbocycles. The molecule has 29 heavy (non-hydrogen) atoms. The highest BCUT2D eigenvalue weighted by atomic mass is 79.9. The number of anilines is 1. The van der Waals surface area contributed by atoms with E-state index in [1.54, 1.807) is 19.2 Å². The number of nitrogens with zero attached hydrogens (tertiary/aromatic N) is 2. The lowest BCUT2D eigenvalue weighted by molar-refractivity contribution is -0.114. The minimum absolute atomic E-state index is 0.194. The first kappa shape index (κ1) is 21.8. The molecule has 1 N–H and O–H groups in total. The summed E-state index contributed by atoms with van der Waals surface area (Å²) < 4.78 is 33.5. The molecule has 1 aliphatic heterocycles. The van der Waals surface area contributed by atoms with E-state index in [4.69, 9.17) is 4.74 Å². The Hall–Kier alpha value is -1.94. The van der Waals surface area contributed by atoms with Gasteiger partial charge < -0.3 is 10.1 Å². The third-order valence-corrected chi connectivity index (χ3v) is 7.30. The van der Waals surface area contributed by atoms with E-state index in [1.807, 2.05) is 18.2 Å². The predicted octanol–water partition coefficient (Wildman–Crippen LogP) is 2.92. The molecule has 1 aliphatic rings. The molecule has 1 heterocycles. The first-order valence-electron chi connectivity index (χ1n) is 9.22. The Balaban J connectivity index is 1.60. The second-order valence-corrected chi connectivity index (χ2v) is 9.65. The van der Waals surface area contributed by atoms with Crippen LogP contribution in [0, 0.1) is 0 Å². The Kier molecular flexibility index (Phi) is 6.94. The third-order valence-electron chi connectivity index (χ3n) is 4.77. The van der Waals surface area contributed by atoms with Gasteiger partial charge in [0, 0.05) is 45.3 Å². The van der Waals surface area contributed by atoms with E-state index < -0.39 is 10.0 Å². The van der Waals surface area contributed by atoms with Crippen molar-refractivity contribution in [2.45, 2.75) is 18.4 Å². The number of amides is 1. The molecule has 0 atom stereocenters. The normalized spacial score (nSPS) is 15.8. The fourth-order valence-electron chi connectivity index (χ4n) is 3.26. The van der Waals surface area contributed by atoms with Gasteiger partial charge in [-0.25, -0.2) is 8.42 Å². The summed E-state index contributed by atoms with van der Waals surface area (Å²) in [6, 6.07) is 12.2. The highest BCUT2D eigenvalue weighted by molar-refractivity contribution is 9.10. The quantitative estimate of drug-likeness (QED) is 0.685. The number of sulfonamides is 1. The van der Waals surface area contributed by atoms with Gasteiger partial charge in [0.25, 0.3) is 0 Å². The number of benzene rings is 2. The molecule has 1 fully saturated rings. The number of carbonyl (C=O) groups is 1. The molecule has 0 saturated carbocycles. The second-order valence-electron chi connectivity index (χ2n) is 6.85. The van der Waals surface area contributed by atoms with Crippen LogP contribution in [-0.4, -0.2) is 56.8 Å². The number of hydrogen-bond donors (Lipinski definition) is 1. The van der Waals surface area contributed by atoms with Crippen LogP contribution in [0.3, 0.4) is 0 Å². The molecule has 0 aromatic heterocycles. The Labute approximate surface area is 179 Å². The van der Waals surface area contributed by atoms with E-state index in [1.165, 1.54) is 23.4 Å². The fourth-order valence-corrected chi connectivity index (χ4v) is 5.27. The molecule has 3 rings (SSSR count). The van der Waals surface area contributed by atoms with E-state index in [2.05, 4.69) is 26.1 Å². The summed E-state index contributed by atoms with van der Waals surface area (Å²) in [5.41, 5.74) is 1.72. The van der Waals surface area contributed by atoms with Crippen molar-refractivity contribution in [3.8, 4) is 5.75 Å². The van der Waals surface area contributed by atoms with E-state index in [0.717, 1.165) is 22.3 Å². The number of piperazine rings is 1. The van der Waals surface area contributed by atoms with Crippen LogP contribution in [0.25, 0.3) is 0 Å². The number of carbonyl (C=O) groups excluding carboxylic acids is 1. The number of ether oxygens (including phenoxy) is 1. The SMILES string of the molecule is COc1ccc(CN2CCN(S(=O)(=O)c3ccc(NC(C)=O)cc3)CC2)cc1Br. The first-order chi connectivity index (χ1) is 13.8. The first-order valence-corrected chi connectivity index (χ1v) is 11.5. The van der Waals surface area contributed by atoms with E-state index in [-0.39, 0.29) is 10.8 Å². The molecular weight excluding hydrogens is 458 g/mol. The van der Waals surface area contributed by atoms with Gasteiger partial charge in [0.15, 0.2) is 0 Å². The number of methoxy groups -OCH3 is 1. The molecule has 7 nitrogen and oxygen atoms in total. The van der Waals surface area contributed by atoms with Crippen molar-refractivity contribution < 1.29 is 17.9 Å². The highest BCUT2D eigenvalue weighted by Gasteiger charge is 2.28. The smallest absolute Gasteiger partial charge is 0.243 e. The molecule has 2 aromatic carbocycles. The average Bonchev–Trinajstić information content (AvgIpc) is 2.68. The summed E-state index contributed by atoms with van der Waals surface area (Å²) in [7, 11) is -1.92. The molecule has 0 unspecified atom stereocenters. The van der Waals surface area contributed by atoms with Gasteiger partial charge in [0.2, 0.25) is 15.9 Å². The predicted molar refractivity (Wildman–Crippen MR) is 115 cm³/mol. The van der Waals surface area contributed by atoms with Gasteiger partial charge in [-0.05, 0) is 57.9 Å². The van der Waals surface area contributed by atoms with Crippen molar-refractivity contribution in [2.24, 2.45) is 0 Å². The zero-order chi connectivity index (χ0) is 21.0. The molecule has 2 aromatic rings. The summed E-state index contributed by atoms with van der Waals surface area (Å²) in [4.78, 5) is 13.6. The minimum Gasteiger partial charge on any atom is -0.496 e. The van der Waals surface area contributed by atoms with Crippen LogP contribution in [-0.2, 0) is 21.4 Å². The zero-order valence-electron chi connectivity index (χ0n) is 16.4. The average molecular weight is 482 g/mol. The van der Waals surface area contributed by atoms with Crippen LogP contribution >= 0.6 is 15.9 Å². The highest BCUT2D eigenvalue weighted by Crippen LogP contribution is 2.26. The van der Waals surface area contributed by atoms with Gasteiger partial charge in [-0.15, -0.1) is 0 Å². The fraction of sp³-hybridized carbons (Fsp3) is 0.350. The summed E-state index contributed by atoms with van der Waals surface area (Å²) in [6.07, 6.45) is 0. The van der Waals surface area contributed by atoms with Crippen molar-refractivity contribution in [1.29, 1.82) is 0 Å². The maximum absolute atomic E-state index is 12.9. The molecule has 0 spiro atoms. The number of rotatable bonds is 6. The van der Waals surface area contributed by atoms with Gasteiger partial charge >= 0.3 is 0 Å². The van der Waals surface area contributed by atoms with Crippen molar-refractivity contribution in [1.82, 2.24) is 9.21 Å². The lowest BCUT2D eigenvalue weighted by atomic mass is 10.2. The minimum atomic E-state index is -3.55. The maximum Gasteiger partial charge on any atom is 0.243 e. The second kappa shape index (κ2) is 9.25. The van der Waals surface area contributed by atoms with E-state index in [9.17, 15) is 13.2 Å². The molecule has 156 valence electrons. The standard InChI is InChI=1S/C20H24BrN3O4S/c1-15(25)22-17-4-6-18(7-5-17)29(26,27)24-11-9-23(10-12-24)14-16-3-8-20(28-2)19(21)13-16/h3-8,13H,9-12,14H2,1-2H3,(H,22,25). The number of halogens is 1. The van der Waals surface area contributed by atoms with Gasteiger partial charge in [0.1, 0.15) is 5.75 Å². The van der Waals surface area contributed by atoms with Crippen molar-refractivity contribution in [3.63, 3.8) is 0 Å². The van der Waals surface area contributed by atoms with Crippen LogP contribution in [0.5, 0.6) is 5.75 Å². The maximum atomic E-state index is 12.9. The summed E-state index contributed by atoms with van der Waals surface area (Å²) in [5.74, 6) is 0.592. The largest absolute Gasteiger partial charge is 0.496 e. The van der Waals surface area contributed by atoms with Crippen LogP contribution < -0.4 is 10.1 Å². The Morgan fingerprint density at radius 3 is 2.31 bits per heavy atom. The molecule has 9 heteroatoms. The molecule has 1 amide bonds. The monoisotopic (exact) mass is 481 g/mol. The lowest BCUT2D eigenvalue weighted by Crippen LogP contribution is -2.48. The Morgan fingerprint density at radius 2 is 1.76 bits per heavy atom. The van der Waals surface area contributed by atoms with Crippen LogP contribution in [0.1, 0.15) is 12.5 Å². The molecule has 0 radical (unpaired) electrons. The van der Waals surface area contributed by atoms with E-state index in [0.29, 0.717) is 31.9 Å². The summed E-state index contributed by atoms with van der Waals surface area (Å²) in [6.45, 7) is 4.36. The van der Waals surface area contributed by atoms with Crippen LogP contribution in [0.2, 0.25) is 0 Å². The zero-order valence-corrected chi connectivity index (χ0v) is 18.8. The van der Waals surface area contributed by atoms with Crippen molar-refractivity contribution >= 4 is 37.5 Å². The Morgan fingerprint density at radius 1 is 1.10 bits per heavy atom. The van der Waals surface area contributed by atoms with Gasteiger partial charge in [-0.3, -0.25) is 9.69 Å². The number of nitrogens with one attached hydrogen (secondary N) is 1. The molecule has 1 saturated heterocycles. The van der Waals surface area contributed by atoms with Gasteiger partial charge in [-0.1, -0.05) is 6.07 Å². The van der Waals surface area contributed by atoms with E-state index >= 15 is 0 Å². The lowest BCUT2D eigenvalue weighted by Gasteiger charge is -2.34. The van der Waals surface area contributed by atoms with Crippen LogP contribution in [0.15, 0.2) is 51.8 Å². The Bertz CT molecular complexity index is 972. The van der Waals surface area contributed by atoms with Crippen molar-refractivity contribution in [3.05, 3.63) is 52.5 Å². The topological polar surface area (TPSA) is 79.0 Å². The third kappa shape index (κ3) is 5.36. The van der Waals surface area contributed by atoms with Gasteiger partial charge in [-0.2, -0.15) is 4.31 Å². The summed E-state index contributed by atoms with van der Waals surface area (Å²) >= 11 is 3.50.